The number of carbonyl (C=O) groups excluding carboxylic acids is 1. The SMILES string of the molecule is COc1ccc([C@@H]2CCCN2CCC(=O)N2CCc3ccccc32)c(OC)c1. The Kier molecular flexibility index (Phi) is 5.53. The molecular weight excluding hydrogens is 352 g/mol. The summed E-state index contributed by atoms with van der Waals surface area (Å²) in [5.41, 5.74) is 3.54. The monoisotopic (exact) mass is 380 g/mol. The molecule has 0 N–H and O–H groups in total. The number of para-hydroxylation sites is 1. The van der Waals surface area contributed by atoms with Gasteiger partial charge in [0.1, 0.15) is 11.5 Å². The summed E-state index contributed by atoms with van der Waals surface area (Å²) in [5.74, 6) is 1.88. The smallest absolute Gasteiger partial charge is 0.228 e. The van der Waals surface area contributed by atoms with Crippen molar-refractivity contribution in [3.8, 4) is 11.5 Å². The third kappa shape index (κ3) is 3.59. The van der Waals surface area contributed by atoms with Gasteiger partial charge in [0.25, 0.3) is 0 Å². The third-order valence-corrected chi connectivity index (χ3v) is 5.96. The molecule has 0 saturated carbocycles. The van der Waals surface area contributed by atoms with E-state index in [2.05, 4.69) is 23.1 Å². The number of fused-ring (bicyclic) bond motifs is 1. The molecule has 1 atom stereocenters. The van der Waals surface area contributed by atoms with Gasteiger partial charge in [0.2, 0.25) is 5.91 Å². The fourth-order valence-corrected chi connectivity index (χ4v) is 4.51. The Labute approximate surface area is 166 Å². The van der Waals surface area contributed by atoms with Crippen molar-refractivity contribution in [1.29, 1.82) is 0 Å². The van der Waals surface area contributed by atoms with Gasteiger partial charge in [-0.1, -0.05) is 24.3 Å². The van der Waals surface area contributed by atoms with Crippen LogP contribution in [0.2, 0.25) is 0 Å². The number of benzene rings is 2. The van der Waals surface area contributed by atoms with Crippen LogP contribution in [0.25, 0.3) is 0 Å². The number of anilines is 1. The van der Waals surface area contributed by atoms with Crippen LogP contribution in [0.15, 0.2) is 42.5 Å². The number of ether oxygens (including phenoxy) is 2. The predicted molar refractivity (Wildman–Crippen MR) is 110 cm³/mol. The first-order valence-corrected chi connectivity index (χ1v) is 10.1. The van der Waals surface area contributed by atoms with E-state index in [1.54, 1.807) is 14.2 Å². The standard InChI is InChI=1S/C23H28N2O3/c1-27-18-9-10-19(22(16-18)28-2)21-8-5-13-24(21)14-12-23(26)25-15-11-17-6-3-4-7-20(17)25/h3-4,6-7,9-10,16,21H,5,8,11-15H2,1-2H3/t21-/m0/s1. The van der Waals surface area contributed by atoms with Crippen LogP contribution in [-0.2, 0) is 11.2 Å². The fraction of sp³-hybridized carbons (Fsp3) is 0.435. The molecule has 148 valence electrons. The molecule has 0 aliphatic carbocycles. The van der Waals surface area contributed by atoms with Crippen LogP contribution in [0.1, 0.15) is 36.4 Å². The zero-order valence-corrected chi connectivity index (χ0v) is 16.7. The molecule has 0 aromatic heterocycles. The Balaban J connectivity index is 1.43. The van der Waals surface area contributed by atoms with Crippen LogP contribution < -0.4 is 14.4 Å². The number of amides is 1. The zero-order valence-electron chi connectivity index (χ0n) is 16.7. The molecule has 1 fully saturated rings. The number of hydrogen-bond acceptors (Lipinski definition) is 4. The molecule has 2 aliphatic heterocycles. The normalized spacial score (nSPS) is 18.9. The lowest BCUT2D eigenvalue weighted by Gasteiger charge is -2.27. The van der Waals surface area contributed by atoms with Crippen LogP contribution in [0.4, 0.5) is 5.69 Å². The highest BCUT2D eigenvalue weighted by Crippen LogP contribution is 2.38. The van der Waals surface area contributed by atoms with Crippen LogP contribution in [0.5, 0.6) is 11.5 Å². The van der Waals surface area contributed by atoms with Gasteiger partial charge in [-0.25, -0.2) is 0 Å². The molecular formula is C23H28N2O3. The van der Waals surface area contributed by atoms with Crippen molar-refractivity contribution in [3.63, 3.8) is 0 Å². The van der Waals surface area contributed by atoms with Crippen LogP contribution in [0.3, 0.4) is 0 Å². The summed E-state index contributed by atoms with van der Waals surface area (Å²) in [6.07, 6.45) is 3.73. The molecule has 0 spiro atoms. The lowest BCUT2D eigenvalue weighted by Crippen LogP contribution is -2.33. The molecule has 2 aromatic carbocycles. The molecule has 5 heteroatoms. The Hall–Kier alpha value is -2.53. The Morgan fingerprint density at radius 1 is 1.11 bits per heavy atom. The molecule has 0 radical (unpaired) electrons. The quantitative estimate of drug-likeness (QED) is 0.764. The van der Waals surface area contributed by atoms with E-state index < -0.39 is 0 Å². The number of nitrogens with zero attached hydrogens (tertiary/aromatic N) is 2. The number of methoxy groups -OCH3 is 2. The molecule has 28 heavy (non-hydrogen) atoms. The summed E-state index contributed by atoms with van der Waals surface area (Å²) >= 11 is 0. The van der Waals surface area contributed by atoms with Gasteiger partial charge in [0.05, 0.1) is 14.2 Å². The topological polar surface area (TPSA) is 42.0 Å². The number of carbonyl (C=O) groups is 1. The molecule has 0 unspecified atom stereocenters. The lowest BCUT2D eigenvalue weighted by molar-refractivity contribution is -0.118. The number of rotatable bonds is 6. The maximum atomic E-state index is 12.9. The minimum Gasteiger partial charge on any atom is -0.497 e. The van der Waals surface area contributed by atoms with Crippen LogP contribution in [-0.4, -0.2) is 44.7 Å². The second-order valence-corrected chi connectivity index (χ2v) is 7.48. The van der Waals surface area contributed by atoms with Gasteiger partial charge in [-0.05, 0) is 43.5 Å². The molecule has 1 saturated heterocycles. The van der Waals surface area contributed by atoms with Crippen molar-refractivity contribution in [2.45, 2.75) is 31.7 Å². The average molecular weight is 380 g/mol. The maximum Gasteiger partial charge on any atom is 0.228 e. The minimum absolute atomic E-state index is 0.220. The minimum atomic E-state index is 0.220. The largest absolute Gasteiger partial charge is 0.497 e. The summed E-state index contributed by atoms with van der Waals surface area (Å²) < 4.78 is 10.9. The first kappa shape index (κ1) is 18.8. The molecule has 2 aromatic rings. The van der Waals surface area contributed by atoms with Crippen LogP contribution >= 0.6 is 0 Å². The summed E-state index contributed by atoms with van der Waals surface area (Å²) in [4.78, 5) is 17.2. The van der Waals surface area contributed by atoms with E-state index in [9.17, 15) is 4.79 Å². The van der Waals surface area contributed by atoms with E-state index in [4.69, 9.17) is 9.47 Å². The Bertz CT molecular complexity index is 851. The van der Waals surface area contributed by atoms with Gasteiger partial charge < -0.3 is 14.4 Å². The van der Waals surface area contributed by atoms with Gasteiger partial charge in [0, 0.05) is 42.9 Å². The van der Waals surface area contributed by atoms with E-state index in [0.29, 0.717) is 12.5 Å². The summed E-state index contributed by atoms with van der Waals surface area (Å²) in [6, 6.07) is 14.6. The van der Waals surface area contributed by atoms with E-state index in [1.165, 1.54) is 11.1 Å². The number of hydrogen-bond donors (Lipinski definition) is 0. The fourth-order valence-electron chi connectivity index (χ4n) is 4.51. The van der Waals surface area contributed by atoms with Gasteiger partial charge >= 0.3 is 0 Å². The van der Waals surface area contributed by atoms with Crippen molar-refractivity contribution in [2.24, 2.45) is 0 Å². The van der Waals surface area contributed by atoms with Gasteiger partial charge in [-0.2, -0.15) is 0 Å². The summed E-state index contributed by atoms with van der Waals surface area (Å²) in [7, 11) is 3.37. The van der Waals surface area contributed by atoms with Crippen molar-refractivity contribution < 1.29 is 14.3 Å². The highest BCUT2D eigenvalue weighted by Gasteiger charge is 2.30. The molecule has 4 rings (SSSR count). The highest BCUT2D eigenvalue weighted by atomic mass is 16.5. The second-order valence-electron chi connectivity index (χ2n) is 7.48. The van der Waals surface area contributed by atoms with E-state index in [0.717, 1.165) is 56.1 Å². The summed E-state index contributed by atoms with van der Waals surface area (Å²) in [5, 5.41) is 0. The van der Waals surface area contributed by atoms with Crippen LogP contribution in [0, 0.1) is 0 Å². The molecule has 2 aliphatic rings. The van der Waals surface area contributed by atoms with E-state index in [1.807, 2.05) is 29.2 Å². The van der Waals surface area contributed by atoms with Gasteiger partial charge in [0.15, 0.2) is 0 Å². The average Bonchev–Trinajstić information content (AvgIpc) is 3.38. The first-order chi connectivity index (χ1) is 13.7. The highest BCUT2D eigenvalue weighted by molar-refractivity contribution is 5.95. The summed E-state index contributed by atoms with van der Waals surface area (Å²) in [6.45, 7) is 2.59. The Morgan fingerprint density at radius 2 is 1.96 bits per heavy atom. The zero-order chi connectivity index (χ0) is 19.5. The predicted octanol–water partition coefficient (Wildman–Crippen LogP) is 3.82. The third-order valence-electron chi connectivity index (χ3n) is 5.96. The number of likely N-dealkylation sites (tertiary alicyclic amines) is 1. The molecule has 5 nitrogen and oxygen atoms in total. The van der Waals surface area contributed by atoms with Crippen molar-refractivity contribution in [3.05, 3.63) is 53.6 Å². The van der Waals surface area contributed by atoms with Crippen molar-refractivity contribution >= 4 is 11.6 Å². The second kappa shape index (κ2) is 8.23. The first-order valence-electron chi connectivity index (χ1n) is 10.1. The lowest BCUT2D eigenvalue weighted by atomic mass is 10.0. The Morgan fingerprint density at radius 3 is 2.79 bits per heavy atom. The molecule has 1 amide bonds. The van der Waals surface area contributed by atoms with E-state index in [-0.39, 0.29) is 5.91 Å². The van der Waals surface area contributed by atoms with Crippen molar-refractivity contribution in [2.75, 3.05) is 38.8 Å². The molecule has 2 heterocycles. The van der Waals surface area contributed by atoms with Gasteiger partial charge in [-0.15, -0.1) is 0 Å². The van der Waals surface area contributed by atoms with E-state index >= 15 is 0 Å². The van der Waals surface area contributed by atoms with Crippen molar-refractivity contribution in [1.82, 2.24) is 4.90 Å². The maximum absolute atomic E-state index is 12.9. The molecule has 0 bridgehead atoms. The van der Waals surface area contributed by atoms with Gasteiger partial charge in [-0.3, -0.25) is 9.69 Å².